The van der Waals surface area contributed by atoms with Crippen molar-refractivity contribution in [2.24, 2.45) is 0 Å². The van der Waals surface area contributed by atoms with Crippen molar-refractivity contribution in [1.82, 2.24) is 4.90 Å². The summed E-state index contributed by atoms with van der Waals surface area (Å²) in [6, 6.07) is 3.78. The first-order valence-electron chi connectivity index (χ1n) is 5.73. The number of hydrogen-bond acceptors (Lipinski definition) is 5. The molecule has 2 heterocycles. The van der Waals surface area contributed by atoms with Gasteiger partial charge in [0.25, 0.3) is 0 Å². The topological polar surface area (TPSA) is 49.8 Å². The summed E-state index contributed by atoms with van der Waals surface area (Å²) >= 11 is 1.52. The van der Waals surface area contributed by atoms with Gasteiger partial charge in [-0.15, -0.1) is 11.3 Å². The summed E-state index contributed by atoms with van der Waals surface area (Å²) in [5, 5.41) is 9.22. The highest BCUT2D eigenvalue weighted by atomic mass is 32.1. The molecule has 0 aliphatic carbocycles. The molecule has 1 saturated heterocycles. The van der Waals surface area contributed by atoms with Gasteiger partial charge in [0.15, 0.2) is 5.78 Å². The number of ether oxygens (including phenoxy) is 1. The number of thiophene rings is 1. The number of ketones is 1. The van der Waals surface area contributed by atoms with Crippen LogP contribution in [0.15, 0.2) is 12.1 Å². The third-order valence-electron chi connectivity index (χ3n) is 2.92. The molecule has 5 heteroatoms. The van der Waals surface area contributed by atoms with Gasteiger partial charge < -0.3 is 9.84 Å². The van der Waals surface area contributed by atoms with Crippen LogP contribution >= 0.6 is 11.3 Å². The number of Topliss-reactive ketones (excluding diaryl/α,β-unsaturated/α-hetero) is 1. The van der Waals surface area contributed by atoms with Gasteiger partial charge in [-0.3, -0.25) is 9.69 Å². The third kappa shape index (κ3) is 3.13. The van der Waals surface area contributed by atoms with Crippen molar-refractivity contribution in [2.75, 3.05) is 32.9 Å². The van der Waals surface area contributed by atoms with E-state index in [0.717, 1.165) is 9.75 Å². The fraction of sp³-hybridized carbons (Fsp3) is 0.583. The zero-order valence-corrected chi connectivity index (χ0v) is 10.7. The number of hydrogen-bond donors (Lipinski definition) is 1. The van der Waals surface area contributed by atoms with Gasteiger partial charge in [0.2, 0.25) is 0 Å². The van der Waals surface area contributed by atoms with Crippen molar-refractivity contribution in [3.8, 4) is 0 Å². The Morgan fingerprint density at radius 1 is 1.65 bits per heavy atom. The quantitative estimate of drug-likeness (QED) is 0.813. The van der Waals surface area contributed by atoms with Crippen molar-refractivity contribution < 1.29 is 14.6 Å². The average Bonchev–Trinajstić information content (AvgIpc) is 2.77. The summed E-state index contributed by atoms with van der Waals surface area (Å²) in [5.74, 6) is 0.128. The molecule has 0 spiro atoms. The molecule has 0 aromatic carbocycles. The van der Waals surface area contributed by atoms with Crippen LogP contribution in [0.25, 0.3) is 0 Å². The fourth-order valence-electron chi connectivity index (χ4n) is 1.91. The summed E-state index contributed by atoms with van der Waals surface area (Å²) in [6.45, 7) is 4.25. The third-order valence-corrected chi connectivity index (χ3v) is 3.96. The first-order valence-corrected chi connectivity index (χ1v) is 6.54. The molecule has 0 radical (unpaired) electrons. The van der Waals surface area contributed by atoms with E-state index in [1.54, 1.807) is 0 Å². The molecule has 1 aromatic heterocycles. The molecule has 1 aliphatic rings. The Morgan fingerprint density at radius 3 is 3.12 bits per heavy atom. The monoisotopic (exact) mass is 255 g/mol. The first-order chi connectivity index (χ1) is 8.20. The van der Waals surface area contributed by atoms with Gasteiger partial charge in [-0.05, 0) is 19.1 Å². The highest BCUT2D eigenvalue weighted by Crippen LogP contribution is 2.17. The number of aliphatic hydroxyl groups excluding tert-OH is 1. The molecule has 1 aromatic rings. The molecule has 0 bridgehead atoms. The smallest absolute Gasteiger partial charge is 0.186 e. The van der Waals surface area contributed by atoms with Crippen molar-refractivity contribution in [1.29, 1.82) is 0 Å². The van der Waals surface area contributed by atoms with E-state index in [-0.39, 0.29) is 18.4 Å². The van der Waals surface area contributed by atoms with Gasteiger partial charge in [0, 0.05) is 11.4 Å². The SMILES string of the molecule is Cc1ccc(C(=O)CN2CCOCC2CO)s1. The first kappa shape index (κ1) is 12.7. The van der Waals surface area contributed by atoms with Crippen molar-refractivity contribution in [3.63, 3.8) is 0 Å². The highest BCUT2D eigenvalue weighted by molar-refractivity contribution is 7.14. The normalized spacial score (nSPS) is 21.6. The molecule has 1 unspecified atom stereocenters. The summed E-state index contributed by atoms with van der Waals surface area (Å²) in [4.78, 5) is 16.0. The van der Waals surface area contributed by atoms with Gasteiger partial charge in [-0.2, -0.15) is 0 Å². The Kier molecular flexibility index (Phi) is 4.28. The molecule has 94 valence electrons. The van der Waals surface area contributed by atoms with Crippen molar-refractivity contribution in [3.05, 3.63) is 21.9 Å². The lowest BCUT2D eigenvalue weighted by Crippen LogP contribution is -2.49. The Labute approximate surface area is 105 Å². The van der Waals surface area contributed by atoms with E-state index in [1.807, 2.05) is 24.0 Å². The number of nitrogens with zero attached hydrogens (tertiary/aromatic N) is 1. The van der Waals surface area contributed by atoms with Crippen LogP contribution in [0, 0.1) is 6.92 Å². The molecule has 0 saturated carbocycles. The summed E-state index contributed by atoms with van der Waals surface area (Å²) in [7, 11) is 0. The van der Waals surface area contributed by atoms with Gasteiger partial charge in [-0.25, -0.2) is 0 Å². The number of rotatable bonds is 4. The van der Waals surface area contributed by atoms with Crippen LogP contribution < -0.4 is 0 Å². The number of morpholine rings is 1. The molecular weight excluding hydrogens is 238 g/mol. The standard InChI is InChI=1S/C12H17NO3S/c1-9-2-3-12(17-9)11(15)6-13-4-5-16-8-10(13)7-14/h2-3,10,14H,4-8H2,1H3. The van der Waals surface area contributed by atoms with Crippen LogP contribution in [-0.2, 0) is 4.74 Å². The molecule has 1 fully saturated rings. The maximum atomic E-state index is 12.0. The molecule has 1 aliphatic heterocycles. The molecule has 1 atom stereocenters. The maximum Gasteiger partial charge on any atom is 0.186 e. The maximum absolute atomic E-state index is 12.0. The zero-order valence-electron chi connectivity index (χ0n) is 9.89. The Bertz CT molecular complexity index is 391. The van der Waals surface area contributed by atoms with E-state index >= 15 is 0 Å². The van der Waals surface area contributed by atoms with E-state index in [1.165, 1.54) is 11.3 Å². The minimum atomic E-state index is -0.0474. The van der Waals surface area contributed by atoms with E-state index in [9.17, 15) is 9.90 Å². The number of carbonyl (C=O) groups excluding carboxylic acids is 1. The lowest BCUT2D eigenvalue weighted by atomic mass is 10.2. The molecule has 1 N–H and O–H groups in total. The molecule has 4 nitrogen and oxygen atoms in total. The minimum Gasteiger partial charge on any atom is -0.395 e. The van der Waals surface area contributed by atoms with Crippen LogP contribution in [0.1, 0.15) is 14.5 Å². The number of aryl methyl sites for hydroxylation is 1. The minimum absolute atomic E-state index is 0.0384. The second-order valence-corrected chi connectivity index (χ2v) is 5.50. The van der Waals surface area contributed by atoms with Crippen LogP contribution in [0.5, 0.6) is 0 Å². The lowest BCUT2D eigenvalue weighted by Gasteiger charge is -2.33. The lowest BCUT2D eigenvalue weighted by molar-refractivity contribution is -0.0240. The summed E-state index contributed by atoms with van der Waals surface area (Å²) in [5.41, 5.74) is 0. The fourth-order valence-corrected chi connectivity index (χ4v) is 2.71. The molecular formula is C12H17NO3S. The predicted molar refractivity (Wildman–Crippen MR) is 66.7 cm³/mol. The van der Waals surface area contributed by atoms with Gasteiger partial charge in [0.05, 0.1) is 37.3 Å². The Hall–Kier alpha value is -0.750. The van der Waals surface area contributed by atoms with E-state index < -0.39 is 0 Å². The highest BCUT2D eigenvalue weighted by Gasteiger charge is 2.24. The van der Waals surface area contributed by atoms with Gasteiger partial charge in [-0.1, -0.05) is 0 Å². The van der Waals surface area contributed by atoms with Gasteiger partial charge in [0.1, 0.15) is 0 Å². The largest absolute Gasteiger partial charge is 0.395 e. The van der Waals surface area contributed by atoms with Crippen molar-refractivity contribution in [2.45, 2.75) is 13.0 Å². The molecule has 17 heavy (non-hydrogen) atoms. The number of carbonyl (C=O) groups is 1. The van der Waals surface area contributed by atoms with Crippen LogP contribution in [0.4, 0.5) is 0 Å². The summed E-state index contributed by atoms with van der Waals surface area (Å²) < 4.78 is 5.28. The second-order valence-electron chi connectivity index (χ2n) is 4.22. The predicted octanol–water partition coefficient (Wildman–Crippen LogP) is 0.932. The Balaban J connectivity index is 1.97. The van der Waals surface area contributed by atoms with E-state index in [2.05, 4.69) is 0 Å². The Morgan fingerprint density at radius 2 is 2.47 bits per heavy atom. The molecule has 2 rings (SSSR count). The number of aliphatic hydroxyl groups is 1. The zero-order chi connectivity index (χ0) is 12.3. The van der Waals surface area contributed by atoms with Crippen molar-refractivity contribution >= 4 is 17.1 Å². The second kappa shape index (κ2) is 5.73. The summed E-state index contributed by atoms with van der Waals surface area (Å²) in [6.07, 6.45) is 0. The average molecular weight is 255 g/mol. The van der Waals surface area contributed by atoms with E-state index in [0.29, 0.717) is 26.3 Å². The van der Waals surface area contributed by atoms with Crippen LogP contribution in [0.3, 0.4) is 0 Å². The van der Waals surface area contributed by atoms with Crippen LogP contribution in [-0.4, -0.2) is 54.7 Å². The van der Waals surface area contributed by atoms with E-state index in [4.69, 9.17) is 4.74 Å². The molecule has 0 amide bonds. The van der Waals surface area contributed by atoms with Crippen LogP contribution in [0.2, 0.25) is 0 Å². The van der Waals surface area contributed by atoms with Gasteiger partial charge >= 0.3 is 0 Å².